The van der Waals surface area contributed by atoms with Crippen LogP contribution >= 0.6 is 23.5 Å². The molecule has 5 unspecified atom stereocenters. The second kappa shape index (κ2) is 16.6. The van der Waals surface area contributed by atoms with Crippen LogP contribution in [0.25, 0.3) is 0 Å². The summed E-state index contributed by atoms with van der Waals surface area (Å²) in [7, 11) is 0. The number of carbonyl (C=O) groups excluding carboxylic acids is 4. The quantitative estimate of drug-likeness (QED) is 0.114. The molecule has 0 aliphatic carbocycles. The van der Waals surface area contributed by atoms with Gasteiger partial charge in [-0.25, -0.2) is 4.79 Å². The summed E-state index contributed by atoms with van der Waals surface area (Å²) in [5.41, 5.74) is 10.9. The Labute approximate surface area is 201 Å². The van der Waals surface area contributed by atoms with Crippen molar-refractivity contribution in [3.8, 4) is 0 Å². The van der Waals surface area contributed by atoms with Gasteiger partial charge in [-0.1, -0.05) is 0 Å². The molecule has 190 valence electrons. The van der Waals surface area contributed by atoms with Gasteiger partial charge in [0.25, 0.3) is 0 Å². The maximum absolute atomic E-state index is 12.8. The monoisotopic (exact) mass is 509 g/mol. The fraction of sp³-hybridized carbons (Fsp3) is 0.737. The van der Waals surface area contributed by atoms with Gasteiger partial charge in [0.1, 0.15) is 18.1 Å². The van der Waals surface area contributed by atoms with E-state index in [1.54, 1.807) is 0 Å². The van der Waals surface area contributed by atoms with Crippen LogP contribution in [0.4, 0.5) is 0 Å². The molecule has 0 aromatic heterocycles. The smallest absolute Gasteiger partial charge is 0.326 e. The summed E-state index contributed by atoms with van der Waals surface area (Å²) in [5.74, 6) is -3.13. The molecule has 0 bridgehead atoms. The first kappa shape index (κ1) is 31.0. The van der Waals surface area contributed by atoms with Crippen LogP contribution in [0.2, 0.25) is 0 Å². The van der Waals surface area contributed by atoms with Crippen LogP contribution in [0.5, 0.6) is 0 Å². The molecule has 0 aliphatic heterocycles. The van der Waals surface area contributed by atoms with Crippen molar-refractivity contribution in [2.75, 3.05) is 24.0 Å². The van der Waals surface area contributed by atoms with Crippen molar-refractivity contribution in [2.24, 2.45) is 11.5 Å². The molecule has 14 heteroatoms. The fourth-order valence-electron chi connectivity index (χ4n) is 2.62. The molecule has 0 saturated carbocycles. The molecule has 0 heterocycles. The topological polar surface area (TPSA) is 214 Å². The molecule has 0 fully saturated rings. The van der Waals surface area contributed by atoms with Gasteiger partial charge in [-0.2, -0.15) is 23.5 Å². The normalized spacial score (nSPS) is 15.4. The number of nitrogens with two attached hydrogens (primary N) is 2. The molecule has 4 amide bonds. The zero-order chi connectivity index (χ0) is 25.6. The van der Waals surface area contributed by atoms with Crippen molar-refractivity contribution in [3.63, 3.8) is 0 Å². The minimum absolute atomic E-state index is 0.249. The summed E-state index contributed by atoms with van der Waals surface area (Å²) >= 11 is 2.98. The number of hydrogen-bond acceptors (Lipinski definition) is 9. The summed E-state index contributed by atoms with van der Waals surface area (Å²) in [6.45, 7) is 1.25. The van der Waals surface area contributed by atoms with Crippen molar-refractivity contribution < 1.29 is 34.2 Å². The number of carboxylic acid groups (broad SMARTS) is 1. The highest BCUT2D eigenvalue weighted by Gasteiger charge is 2.32. The van der Waals surface area contributed by atoms with Gasteiger partial charge in [-0.05, 0) is 50.2 Å². The van der Waals surface area contributed by atoms with Crippen LogP contribution < -0.4 is 27.4 Å². The van der Waals surface area contributed by atoms with E-state index in [-0.39, 0.29) is 19.3 Å². The molecule has 0 aromatic carbocycles. The van der Waals surface area contributed by atoms with Gasteiger partial charge in [-0.3, -0.25) is 19.2 Å². The predicted octanol–water partition coefficient (Wildman–Crippen LogP) is -1.99. The zero-order valence-corrected chi connectivity index (χ0v) is 20.7. The number of hydrogen-bond donors (Lipinski definition) is 7. The lowest BCUT2D eigenvalue weighted by molar-refractivity contribution is -0.143. The molecule has 0 spiro atoms. The van der Waals surface area contributed by atoms with Crippen molar-refractivity contribution in [2.45, 2.75) is 62.9 Å². The summed E-state index contributed by atoms with van der Waals surface area (Å²) in [6, 6.07) is -4.75. The number of aliphatic carboxylic acids is 1. The Morgan fingerprint density at radius 1 is 0.848 bits per heavy atom. The highest BCUT2D eigenvalue weighted by atomic mass is 32.2. The fourth-order valence-corrected chi connectivity index (χ4v) is 3.58. The van der Waals surface area contributed by atoms with Gasteiger partial charge in [0.2, 0.25) is 23.6 Å². The number of rotatable bonds is 17. The average molecular weight is 510 g/mol. The highest BCUT2D eigenvalue weighted by Crippen LogP contribution is 2.06. The number of amides is 4. The Hall–Kier alpha value is -2.03. The Morgan fingerprint density at radius 2 is 1.39 bits per heavy atom. The third kappa shape index (κ3) is 12.7. The molecular formula is C19H35N5O7S2. The molecule has 9 N–H and O–H groups in total. The average Bonchev–Trinajstić information content (AvgIpc) is 2.74. The first-order chi connectivity index (χ1) is 15.4. The second-order valence-corrected chi connectivity index (χ2v) is 9.33. The number of aliphatic hydroxyl groups is 1. The largest absolute Gasteiger partial charge is 0.480 e. The van der Waals surface area contributed by atoms with Crippen molar-refractivity contribution in [3.05, 3.63) is 0 Å². The maximum atomic E-state index is 12.8. The van der Waals surface area contributed by atoms with E-state index in [2.05, 4.69) is 16.0 Å². The van der Waals surface area contributed by atoms with E-state index in [1.165, 1.54) is 30.4 Å². The lowest BCUT2D eigenvalue weighted by Gasteiger charge is -2.26. The Morgan fingerprint density at radius 3 is 1.88 bits per heavy atom. The maximum Gasteiger partial charge on any atom is 0.326 e. The van der Waals surface area contributed by atoms with Gasteiger partial charge >= 0.3 is 5.97 Å². The molecule has 0 aliphatic rings. The first-order valence-corrected chi connectivity index (χ1v) is 13.1. The number of nitrogens with one attached hydrogen (secondary N) is 3. The predicted molar refractivity (Wildman–Crippen MR) is 128 cm³/mol. The van der Waals surface area contributed by atoms with Crippen molar-refractivity contribution in [1.29, 1.82) is 0 Å². The molecule has 0 aromatic rings. The number of aliphatic hydroxyl groups excluding tert-OH is 1. The first-order valence-electron chi connectivity index (χ1n) is 10.3. The van der Waals surface area contributed by atoms with E-state index in [4.69, 9.17) is 11.5 Å². The van der Waals surface area contributed by atoms with Crippen LogP contribution in [0.15, 0.2) is 0 Å². The number of primary amides is 1. The number of carbonyl (C=O) groups is 5. The zero-order valence-electron chi connectivity index (χ0n) is 19.0. The lowest BCUT2D eigenvalue weighted by atomic mass is 10.1. The Kier molecular flexibility index (Phi) is 15.5. The van der Waals surface area contributed by atoms with Gasteiger partial charge in [-0.15, -0.1) is 0 Å². The van der Waals surface area contributed by atoms with Crippen molar-refractivity contribution in [1.82, 2.24) is 16.0 Å². The SMILES string of the molecule is CSCCC(N)C(=O)NC(CCSC)C(=O)NC(C(=O)NC(CCC(N)=O)C(=O)O)C(C)O. The molecule has 0 rings (SSSR count). The summed E-state index contributed by atoms with van der Waals surface area (Å²) in [4.78, 5) is 60.1. The summed E-state index contributed by atoms with van der Waals surface area (Å²) in [6.07, 6.45) is 2.47. The van der Waals surface area contributed by atoms with E-state index in [9.17, 15) is 34.2 Å². The van der Waals surface area contributed by atoms with E-state index in [0.29, 0.717) is 17.9 Å². The minimum atomic E-state index is -1.49. The highest BCUT2D eigenvalue weighted by molar-refractivity contribution is 7.98. The van der Waals surface area contributed by atoms with Crippen LogP contribution in [0.1, 0.15) is 32.6 Å². The van der Waals surface area contributed by atoms with Crippen LogP contribution in [0.3, 0.4) is 0 Å². The molecule has 12 nitrogen and oxygen atoms in total. The molecule has 33 heavy (non-hydrogen) atoms. The van der Waals surface area contributed by atoms with Crippen molar-refractivity contribution >= 4 is 53.1 Å². The molecular weight excluding hydrogens is 474 g/mol. The number of thioether (sulfide) groups is 2. The van der Waals surface area contributed by atoms with Gasteiger partial charge in [0.05, 0.1) is 12.1 Å². The third-order valence-electron chi connectivity index (χ3n) is 4.57. The van der Waals surface area contributed by atoms with Crippen LogP contribution in [-0.4, -0.2) is 94.1 Å². The minimum Gasteiger partial charge on any atom is -0.480 e. The van der Waals surface area contributed by atoms with E-state index in [1.807, 2.05) is 12.5 Å². The molecule has 0 saturated heterocycles. The third-order valence-corrected chi connectivity index (χ3v) is 5.86. The van der Waals surface area contributed by atoms with E-state index < -0.39 is 59.9 Å². The lowest BCUT2D eigenvalue weighted by Crippen LogP contribution is -2.60. The van der Waals surface area contributed by atoms with Gasteiger partial charge in [0.15, 0.2) is 0 Å². The van der Waals surface area contributed by atoms with Gasteiger partial charge in [0, 0.05) is 6.42 Å². The summed E-state index contributed by atoms with van der Waals surface area (Å²) < 4.78 is 0. The standard InChI is InChI=1S/C19H35N5O7S2/c1-10(25)15(18(29)23-13(19(30)31)4-5-14(21)26)24-17(28)12(7-9-33-3)22-16(27)11(20)6-8-32-2/h10-13,15,25H,4-9,20H2,1-3H3,(H2,21,26)(H,22,27)(H,23,29)(H,24,28)(H,30,31). The van der Waals surface area contributed by atoms with Gasteiger partial charge < -0.3 is 37.6 Å². The second-order valence-electron chi connectivity index (χ2n) is 7.36. The van der Waals surface area contributed by atoms with Crippen LogP contribution in [0, 0.1) is 0 Å². The summed E-state index contributed by atoms with van der Waals surface area (Å²) in [5, 5.41) is 26.4. The molecule has 0 radical (unpaired) electrons. The van der Waals surface area contributed by atoms with E-state index >= 15 is 0 Å². The van der Waals surface area contributed by atoms with E-state index in [0.717, 1.165) is 0 Å². The Balaban J connectivity index is 5.33. The molecule has 5 atom stereocenters. The Bertz CT molecular complexity index is 681. The van der Waals surface area contributed by atoms with Crippen LogP contribution in [-0.2, 0) is 24.0 Å². The number of carboxylic acids is 1.